The van der Waals surface area contributed by atoms with E-state index in [1.807, 2.05) is 50.2 Å². The van der Waals surface area contributed by atoms with Crippen molar-refractivity contribution in [2.24, 2.45) is 10.9 Å². The molecule has 0 amide bonds. The maximum Gasteiger partial charge on any atom is 0.335 e. The van der Waals surface area contributed by atoms with Gasteiger partial charge in [0.05, 0.1) is 31.4 Å². The van der Waals surface area contributed by atoms with Crippen molar-refractivity contribution in [1.82, 2.24) is 14.1 Å². The second-order valence-electron chi connectivity index (χ2n) is 8.97. The number of benzene rings is 2. The second-order valence-corrected chi connectivity index (χ2v) is 8.97. The number of ether oxygens (including phenoxy) is 2. The molecule has 1 heterocycles. The van der Waals surface area contributed by atoms with Crippen molar-refractivity contribution >= 4 is 11.7 Å². The molecule has 9 heteroatoms. The molecule has 0 radical (unpaired) electrons. The average Bonchev–Trinajstić information content (AvgIpc) is 2.86. The number of carbonyl (C=O) groups is 1. The van der Waals surface area contributed by atoms with Gasteiger partial charge in [0.25, 0.3) is 0 Å². The quantitative estimate of drug-likeness (QED) is 0.435. The SMILES string of the molecule is CCC[C@@H](C)Oc1ccc(/N=c2\[nH]c(=O)n(C[C@H](C)C(=O)OC)c(=O)n2Cc2ccc(C)cc2)cc1. The van der Waals surface area contributed by atoms with Gasteiger partial charge in [-0.3, -0.25) is 14.3 Å². The lowest BCUT2D eigenvalue weighted by Crippen LogP contribution is -2.51. The number of aromatic amines is 1. The number of aromatic nitrogens is 3. The highest BCUT2D eigenvalue weighted by atomic mass is 16.5. The lowest BCUT2D eigenvalue weighted by atomic mass is 10.1. The largest absolute Gasteiger partial charge is 0.491 e. The fraction of sp³-hybridized carbons (Fsp3) is 0.407. The van der Waals surface area contributed by atoms with E-state index in [0.717, 1.165) is 34.3 Å². The van der Waals surface area contributed by atoms with Crippen LogP contribution in [0.2, 0.25) is 0 Å². The molecule has 192 valence electrons. The van der Waals surface area contributed by atoms with Crippen LogP contribution in [0.25, 0.3) is 0 Å². The first-order valence-corrected chi connectivity index (χ1v) is 12.1. The van der Waals surface area contributed by atoms with Gasteiger partial charge >= 0.3 is 17.3 Å². The van der Waals surface area contributed by atoms with Crippen LogP contribution >= 0.6 is 0 Å². The Hall–Kier alpha value is -3.88. The fourth-order valence-electron chi connectivity index (χ4n) is 3.79. The number of esters is 1. The highest BCUT2D eigenvalue weighted by Crippen LogP contribution is 2.19. The molecular weight excluding hydrogens is 460 g/mol. The molecule has 3 rings (SSSR count). The molecule has 0 saturated carbocycles. The van der Waals surface area contributed by atoms with E-state index in [0.29, 0.717) is 5.69 Å². The zero-order chi connectivity index (χ0) is 26.2. The van der Waals surface area contributed by atoms with Crippen LogP contribution in [-0.2, 0) is 22.6 Å². The second kappa shape index (κ2) is 12.2. The summed E-state index contributed by atoms with van der Waals surface area (Å²) < 4.78 is 13.0. The summed E-state index contributed by atoms with van der Waals surface area (Å²) in [5.41, 5.74) is 1.41. The highest BCUT2D eigenvalue weighted by Gasteiger charge is 2.18. The van der Waals surface area contributed by atoms with Gasteiger partial charge in [0, 0.05) is 6.54 Å². The summed E-state index contributed by atoms with van der Waals surface area (Å²) in [5.74, 6) is -0.453. The van der Waals surface area contributed by atoms with Crippen LogP contribution in [0.1, 0.15) is 44.7 Å². The monoisotopic (exact) mass is 494 g/mol. The van der Waals surface area contributed by atoms with E-state index >= 15 is 0 Å². The molecule has 1 aromatic heterocycles. The Morgan fingerprint density at radius 2 is 1.69 bits per heavy atom. The summed E-state index contributed by atoms with van der Waals surface area (Å²) in [4.78, 5) is 45.4. The van der Waals surface area contributed by atoms with Gasteiger partial charge < -0.3 is 9.47 Å². The summed E-state index contributed by atoms with van der Waals surface area (Å²) >= 11 is 0. The Balaban J connectivity index is 2.05. The van der Waals surface area contributed by atoms with Crippen LogP contribution in [0, 0.1) is 12.8 Å². The third-order valence-corrected chi connectivity index (χ3v) is 5.81. The van der Waals surface area contributed by atoms with Gasteiger partial charge in [0.15, 0.2) is 0 Å². The van der Waals surface area contributed by atoms with Crippen LogP contribution in [0.3, 0.4) is 0 Å². The Morgan fingerprint density at radius 3 is 2.31 bits per heavy atom. The van der Waals surface area contributed by atoms with E-state index in [1.165, 1.54) is 11.7 Å². The van der Waals surface area contributed by atoms with E-state index in [-0.39, 0.29) is 24.8 Å². The van der Waals surface area contributed by atoms with Crippen molar-refractivity contribution in [3.05, 3.63) is 86.2 Å². The van der Waals surface area contributed by atoms with Gasteiger partial charge in [0.2, 0.25) is 5.62 Å². The van der Waals surface area contributed by atoms with Crippen molar-refractivity contribution in [3.8, 4) is 5.75 Å². The molecule has 0 aliphatic heterocycles. The van der Waals surface area contributed by atoms with Crippen LogP contribution < -0.4 is 21.7 Å². The van der Waals surface area contributed by atoms with Crippen molar-refractivity contribution in [2.45, 2.75) is 59.7 Å². The van der Waals surface area contributed by atoms with Gasteiger partial charge in [-0.15, -0.1) is 0 Å². The summed E-state index contributed by atoms with van der Waals surface area (Å²) in [6.07, 6.45) is 2.09. The zero-order valence-electron chi connectivity index (χ0n) is 21.5. The van der Waals surface area contributed by atoms with Crippen molar-refractivity contribution < 1.29 is 14.3 Å². The predicted octanol–water partition coefficient (Wildman–Crippen LogP) is 3.30. The minimum Gasteiger partial charge on any atom is -0.491 e. The smallest absolute Gasteiger partial charge is 0.335 e. The average molecular weight is 495 g/mol. The topological polar surface area (TPSA) is 108 Å². The number of H-pyrrole nitrogens is 1. The first-order chi connectivity index (χ1) is 17.2. The zero-order valence-corrected chi connectivity index (χ0v) is 21.5. The Morgan fingerprint density at radius 1 is 1.03 bits per heavy atom. The summed E-state index contributed by atoms with van der Waals surface area (Å²) in [7, 11) is 1.27. The molecule has 2 atom stereocenters. The van der Waals surface area contributed by atoms with Crippen LogP contribution in [0.15, 0.2) is 63.1 Å². The van der Waals surface area contributed by atoms with Gasteiger partial charge in [-0.1, -0.05) is 50.1 Å². The van der Waals surface area contributed by atoms with Crippen molar-refractivity contribution in [3.63, 3.8) is 0 Å². The number of rotatable bonds is 10. The van der Waals surface area contributed by atoms with Crippen molar-refractivity contribution in [2.75, 3.05) is 7.11 Å². The third kappa shape index (κ3) is 6.84. The molecule has 3 aromatic rings. The molecule has 0 spiro atoms. The first-order valence-electron chi connectivity index (χ1n) is 12.1. The van der Waals surface area contributed by atoms with E-state index in [9.17, 15) is 14.4 Å². The summed E-state index contributed by atoms with van der Waals surface area (Å²) in [5, 5.41) is 0. The summed E-state index contributed by atoms with van der Waals surface area (Å²) in [6, 6.07) is 14.9. The third-order valence-electron chi connectivity index (χ3n) is 5.81. The molecule has 0 fully saturated rings. The lowest BCUT2D eigenvalue weighted by molar-refractivity contribution is -0.145. The molecule has 0 aliphatic carbocycles. The van der Waals surface area contributed by atoms with Crippen LogP contribution in [0.5, 0.6) is 5.75 Å². The minimum atomic E-state index is -0.674. The van der Waals surface area contributed by atoms with Gasteiger partial charge in [-0.2, -0.15) is 0 Å². The van der Waals surface area contributed by atoms with E-state index in [2.05, 4.69) is 16.9 Å². The molecular formula is C27H34N4O5. The van der Waals surface area contributed by atoms with E-state index in [1.54, 1.807) is 19.1 Å². The van der Waals surface area contributed by atoms with Crippen molar-refractivity contribution in [1.29, 1.82) is 0 Å². The first kappa shape index (κ1) is 26.7. The number of aryl methyl sites for hydroxylation is 1. The van der Waals surface area contributed by atoms with Gasteiger partial charge in [-0.25, -0.2) is 19.1 Å². The molecule has 36 heavy (non-hydrogen) atoms. The van der Waals surface area contributed by atoms with Gasteiger partial charge in [-0.05, 0) is 50.1 Å². The Kier molecular flexibility index (Phi) is 9.05. The maximum atomic E-state index is 13.4. The lowest BCUT2D eigenvalue weighted by Gasteiger charge is -2.14. The normalized spacial score (nSPS) is 13.3. The Bertz CT molecular complexity index is 1350. The van der Waals surface area contributed by atoms with E-state index in [4.69, 9.17) is 9.47 Å². The molecule has 1 N–H and O–H groups in total. The summed E-state index contributed by atoms with van der Waals surface area (Å²) in [6.45, 7) is 7.80. The number of nitrogens with zero attached hydrogens (tertiary/aromatic N) is 3. The molecule has 0 unspecified atom stereocenters. The molecule has 0 saturated heterocycles. The number of hydrogen-bond acceptors (Lipinski definition) is 6. The van der Waals surface area contributed by atoms with Crippen LogP contribution in [-0.4, -0.2) is 33.3 Å². The number of hydrogen-bond donors (Lipinski definition) is 1. The standard InChI is InChI=1S/C27H34N4O5/c1-6-7-20(4)36-23-14-12-22(13-15-23)28-25-29-26(33)31(16-19(3)24(32)35-5)27(34)30(25)17-21-10-8-18(2)9-11-21/h8-15,19-20H,6-7,16-17H2,1-5H3,(H,28,29,33)/t19-,20+/m0/s1. The number of carbonyl (C=O) groups excluding carboxylic acids is 1. The number of methoxy groups -OCH3 is 1. The fourth-order valence-corrected chi connectivity index (χ4v) is 3.79. The highest BCUT2D eigenvalue weighted by molar-refractivity contribution is 5.71. The van der Waals surface area contributed by atoms with Crippen LogP contribution in [0.4, 0.5) is 5.69 Å². The molecule has 9 nitrogen and oxygen atoms in total. The molecule has 0 aliphatic rings. The maximum absolute atomic E-state index is 13.4. The van der Waals surface area contributed by atoms with Gasteiger partial charge in [0.1, 0.15) is 5.75 Å². The van der Waals surface area contributed by atoms with E-state index < -0.39 is 23.3 Å². The predicted molar refractivity (Wildman–Crippen MR) is 137 cm³/mol. The minimum absolute atomic E-state index is 0.103. The molecule has 2 aromatic carbocycles. The number of nitrogens with one attached hydrogen (secondary N) is 1. The Labute approximate surface area is 210 Å². The molecule has 0 bridgehead atoms.